The van der Waals surface area contributed by atoms with Crippen molar-refractivity contribution in [2.45, 2.75) is 33.1 Å². The summed E-state index contributed by atoms with van der Waals surface area (Å²) in [6.07, 6.45) is 4.02. The summed E-state index contributed by atoms with van der Waals surface area (Å²) in [5.41, 5.74) is 0. The highest BCUT2D eigenvalue weighted by Crippen LogP contribution is 2.04. The van der Waals surface area contributed by atoms with Crippen LogP contribution in [0.1, 0.15) is 33.1 Å². The molecule has 0 saturated heterocycles. The molecule has 0 amide bonds. The lowest BCUT2D eigenvalue weighted by Gasteiger charge is -2.05. The SMILES string of the molecule is CNCNCCCCC(C)C. The van der Waals surface area contributed by atoms with E-state index in [0.717, 1.165) is 19.1 Å². The summed E-state index contributed by atoms with van der Waals surface area (Å²) < 4.78 is 0. The summed E-state index contributed by atoms with van der Waals surface area (Å²) in [7, 11) is 1.96. The van der Waals surface area contributed by atoms with Crippen molar-refractivity contribution in [3.63, 3.8) is 0 Å². The second-order valence-corrected chi connectivity index (χ2v) is 3.42. The lowest BCUT2D eigenvalue weighted by Crippen LogP contribution is -2.26. The van der Waals surface area contributed by atoms with Crippen LogP contribution in [0.25, 0.3) is 0 Å². The van der Waals surface area contributed by atoms with E-state index in [-0.39, 0.29) is 0 Å². The van der Waals surface area contributed by atoms with Gasteiger partial charge in [0.1, 0.15) is 0 Å². The first-order valence-corrected chi connectivity index (χ1v) is 4.62. The first kappa shape index (κ1) is 10.9. The minimum atomic E-state index is 0.860. The number of nitrogens with one attached hydrogen (secondary N) is 2. The molecule has 2 N–H and O–H groups in total. The fourth-order valence-electron chi connectivity index (χ4n) is 1.02. The number of hydrogen-bond acceptors (Lipinski definition) is 2. The molecule has 0 bridgehead atoms. The smallest absolute Gasteiger partial charge is 0.0451 e. The van der Waals surface area contributed by atoms with E-state index in [1.54, 1.807) is 0 Å². The fraction of sp³-hybridized carbons (Fsp3) is 1.00. The lowest BCUT2D eigenvalue weighted by molar-refractivity contribution is 0.515. The molecule has 2 nitrogen and oxygen atoms in total. The van der Waals surface area contributed by atoms with Gasteiger partial charge in [0.05, 0.1) is 0 Å². The lowest BCUT2D eigenvalue weighted by atomic mass is 10.1. The van der Waals surface area contributed by atoms with Gasteiger partial charge >= 0.3 is 0 Å². The molecule has 0 aliphatic carbocycles. The van der Waals surface area contributed by atoms with Gasteiger partial charge in [-0.3, -0.25) is 0 Å². The van der Waals surface area contributed by atoms with Crippen LogP contribution in [0.4, 0.5) is 0 Å². The van der Waals surface area contributed by atoms with Crippen molar-refractivity contribution in [1.29, 1.82) is 0 Å². The van der Waals surface area contributed by atoms with Gasteiger partial charge < -0.3 is 10.6 Å². The molecule has 0 fully saturated rings. The highest BCUT2D eigenvalue weighted by Gasteiger charge is 1.92. The number of unbranched alkanes of at least 4 members (excludes halogenated alkanes) is 1. The quantitative estimate of drug-likeness (QED) is 0.434. The second-order valence-electron chi connectivity index (χ2n) is 3.42. The van der Waals surface area contributed by atoms with E-state index in [1.165, 1.54) is 19.3 Å². The number of hydrogen-bond donors (Lipinski definition) is 2. The van der Waals surface area contributed by atoms with E-state index < -0.39 is 0 Å². The summed E-state index contributed by atoms with van der Waals surface area (Å²) in [4.78, 5) is 0. The molecule has 68 valence electrons. The van der Waals surface area contributed by atoms with Crippen LogP contribution in [0.2, 0.25) is 0 Å². The summed E-state index contributed by atoms with van der Waals surface area (Å²) in [5.74, 6) is 0.860. The maximum Gasteiger partial charge on any atom is 0.0451 e. The van der Waals surface area contributed by atoms with Crippen LogP contribution < -0.4 is 10.6 Å². The molecule has 0 unspecified atom stereocenters. The summed E-state index contributed by atoms with van der Waals surface area (Å²) in [6, 6.07) is 0. The van der Waals surface area contributed by atoms with E-state index in [0.29, 0.717) is 0 Å². The Balaban J connectivity index is 2.80. The highest BCUT2D eigenvalue weighted by atomic mass is 15.0. The van der Waals surface area contributed by atoms with E-state index in [2.05, 4.69) is 24.5 Å². The minimum absolute atomic E-state index is 0.860. The normalized spacial score (nSPS) is 10.9. The fourth-order valence-corrected chi connectivity index (χ4v) is 1.02. The van der Waals surface area contributed by atoms with Crippen molar-refractivity contribution in [3.8, 4) is 0 Å². The summed E-state index contributed by atoms with van der Waals surface area (Å²) >= 11 is 0. The summed E-state index contributed by atoms with van der Waals surface area (Å²) in [6.45, 7) is 6.64. The van der Waals surface area contributed by atoms with Gasteiger partial charge in [0, 0.05) is 6.67 Å². The highest BCUT2D eigenvalue weighted by molar-refractivity contribution is 4.49. The van der Waals surface area contributed by atoms with Crippen LogP contribution in [-0.4, -0.2) is 20.3 Å². The average Bonchev–Trinajstić information content (AvgIpc) is 1.96. The zero-order valence-electron chi connectivity index (χ0n) is 8.11. The maximum atomic E-state index is 3.30. The minimum Gasteiger partial charge on any atom is -0.308 e. The van der Waals surface area contributed by atoms with Crippen molar-refractivity contribution < 1.29 is 0 Å². The molecule has 0 aliphatic rings. The van der Waals surface area contributed by atoms with Crippen LogP contribution >= 0.6 is 0 Å². The third kappa shape index (κ3) is 9.92. The molecule has 0 atom stereocenters. The van der Waals surface area contributed by atoms with Crippen molar-refractivity contribution in [3.05, 3.63) is 0 Å². The molecular formula is C9H22N2. The third-order valence-corrected chi connectivity index (χ3v) is 1.69. The van der Waals surface area contributed by atoms with Crippen LogP contribution in [0.5, 0.6) is 0 Å². The van der Waals surface area contributed by atoms with Crippen LogP contribution in [0, 0.1) is 5.92 Å². The molecule has 0 radical (unpaired) electrons. The molecule has 11 heavy (non-hydrogen) atoms. The van der Waals surface area contributed by atoms with Gasteiger partial charge in [0.25, 0.3) is 0 Å². The standard InChI is InChI=1S/C9H22N2/c1-9(2)6-4-5-7-11-8-10-3/h9-11H,4-8H2,1-3H3. The Morgan fingerprint density at radius 2 is 1.91 bits per heavy atom. The Morgan fingerprint density at radius 3 is 2.45 bits per heavy atom. The summed E-state index contributed by atoms with van der Waals surface area (Å²) in [5, 5.41) is 6.35. The van der Waals surface area contributed by atoms with Gasteiger partial charge in [-0.15, -0.1) is 0 Å². The predicted molar refractivity (Wildman–Crippen MR) is 50.6 cm³/mol. The molecule has 0 aliphatic heterocycles. The Morgan fingerprint density at radius 1 is 1.18 bits per heavy atom. The van der Waals surface area contributed by atoms with Gasteiger partial charge in [-0.1, -0.05) is 26.7 Å². The van der Waals surface area contributed by atoms with Crippen molar-refractivity contribution in [2.24, 2.45) is 5.92 Å². The topological polar surface area (TPSA) is 24.1 Å². The Hall–Kier alpha value is -0.0800. The molecule has 0 saturated carbocycles. The molecule has 2 heteroatoms. The average molecular weight is 158 g/mol. The molecule has 0 rings (SSSR count). The molecular weight excluding hydrogens is 136 g/mol. The largest absolute Gasteiger partial charge is 0.308 e. The maximum absolute atomic E-state index is 3.30. The second kappa shape index (κ2) is 8.02. The van der Waals surface area contributed by atoms with Crippen LogP contribution in [0.15, 0.2) is 0 Å². The van der Waals surface area contributed by atoms with Crippen LogP contribution in [0.3, 0.4) is 0 Å². The van der Waals surface area contributed by atoms with Gasteiger partial charge in [0.15, 0.2) is 0 Å². The Kier molecular flexibility index (Phi) is 7.96. The zero-order valence-corrected chi connectivity index (χ0v) is 8.11. The molecule has 0 aromatic rings. The van der Waals surface area contributed by atoms with Gasteiger partial charge in [0.2, 0.25) is 0 Å². The first-order chi connectivity index (χ1) is 5.27. The van der Waals surface area contributed by atoms with E-state index in [9.17, 15) is 0 Å². The van der Waals surface area contributed by atoms with Crippen molar-refractivity contribution >= 4 is 0 Å². The van der Waals surface area contributed by atoms with E-state index >= 15 is 0 Å². The molecule has 0 aromatic heterocycles. The monoisotopic (exact) mass is 158 g/mol. The predicted octanol–water partition coefficient (Wildman–Crippen LogP) is 1.58. The van der Waals surface area contributed by atoms with Crippen molar-refractivity contribution in [1.82, 2.24) is 10.6 Å². The molecule has 0 aromatic carbocycles. The molecule has 0 spiro atoms. The number of rotatable bonds is 7. The van der Waals surface area contributed by atoms with Gasteiger partial charge in [-0.05, 0) is 25.9 Å². The Labute approximate surface area is 70.8 Å². The van der Waals surface area contributed by atoms with Gasteiger partial charge in [-0.2, -0.15) is 0 Å². The van der Waals surface area contributed by atoms with Crippen molar-refractivity contribution in [2.75, 3.05) is 20.3 Å². The van der Waals surface area contributed by atoms with E-state index in [1.807, 2.05) is 7.05 Å². The van der Waals surface area contributed by atoms with Crippen LogP contribution in [-0.2, 0) is 0 Å². The molecule has 0 heterocycles. The Bertz CT molecular complexity index is 72.0. The first-order valence-electron chi connectivity index (χ1n) is 4.62. The van der Waals surface area contributed by atoms with Gasteiger partial charge in [-0.25, -0.2) is 0 Å². The third-order valence-electron chi connectivity index (χ3n) is 1.69. The zero-order chi connectivity index (χ0) is 8.53. The van der Waals surface area contributed by atoms with E-state index in [4.69, 9.17) is 0 Å².